The molecule has 0 bridgehead atoms. The van der Waals surface area contributed by atoms with E-state index in [2.05, 4.69) is 37.4 Å². The summed E-state index contributed by atoms with van der Waals surface area (Å²) in [6.45, 7) is 7.34. The van der Waals surface area contributed by atoms with Crippen LogP contribution in [0.15, 0.2) is 36.4 Å². The first kappa shape index (κ1) is 18.3. The number of hydrogen-bond donors (Lipinski definition) is 1. The van der Waals surface area contributed by atoms with Crippen molar-refractivity contribution in [3.8, 4) is 5.75 Å². The molecule has 2 aromatic carbocycles. The van der Waals surface area contributed by atoms with E-state index in [1.54, 1.807) is 7.11 Å². The maximum atomic E-state index is 12.7. The Balaban J connectivity index is 1.79. The van der Waals surface area contributed by atoms with Crippen LogP contribution in [-0.2, 0) is 11.3 Å². The van der Waals surface area contributed by atoms with Crippen LogP contribution in [0, 0.1) is 13.8 Å². The molecule has 1 saturated heterocycles. The lowest BCUT2D eigenvalue weighted by molar-refractivity contribution is 0.0303. The van der Waals surface area contributed by atoms with Gasteiger partial charge in [-0.3, -0.25) is 4.79 Å². The zero-order chi connectivity index (χ0) is 18.5. The summed E-state index contributed by atoms with van der Waals surface area (Å²) in [6.07, 6.45) is 0. The highest BCUT2D eigenvalue weighted by Gasteiger charge is 2.19. The minimum atomic E-state index is 0.0331. The average molecular weight is 354 g/mol. The minimum absolute atomic E-state index is 0.0331. The Morgan fingerprint density at radius 1 is 1.15 bits per heavy atom. The molecule has 0 spiro atoms. The van der Waals surface area contributed by atoms with Crippen LogP contribution in [0.25, 0.3) is 0 Å². The molecule has 0 aromatic heterocycles. The Morgan fingerprint density at radius 3 is 2.65 bits per heavy atom. The Morgan fingerprint density at radius 2 is 1.92 bits per heavy atom. The van der Waals surface area contributed by atoms with Crippen LogP contribution in [-0.4, -0.2) is 44.2 Å². The van der Waals surface area contributed by atoms with Crippen LogP contribution in [0.3, 0.4) is 0 Å². The van der Waals surface area contributed by atoms with E-state index in [4.69, 9.17) is 9.47 Å². The Bertz CT molecular complexity index is 783. The van der Waals surface area contributed by atoms with E-state index < -0.39 is 0 Å². The molecule has 0 saturated carbocycles. The molecule has 2 aromatic rings. The molecule has 0 unspecified atom stereocenters. The van der Waals surface area contributed by atoms with Crippen LogP contribution in [0.1, 0.15) is 27.0 Å². The van der Waals surface area contributed by atoms with Gasteiger partial charge in [0.25, 0.3) is 5.91 Å². The van der Waals surface area contributed by atoms with Crippen LogP contribution in [0.2, 0.25) is 0 Å². The number of amides is 1. The first-order valence-corrected chi connectivity index (χ1v) is 8.93. The maximum Gasteiger partial charge on any atom is 0.254 e. The topological polar surface area (TPSA) is 50.8 Å². The fourth-order valence-corrected chi connectivity index (χ4v) is 3.11. The number of hydrogen-bond acceptors (Lipinski definition) is 4. The smallest absolute Gasteiger partial charge is 0.254 e. The molecular formula is C21H26N2O3. The molecular weight excluding hydrogens is 328 g/mol. The molecule has 0 atom stereocenters. The lowest BCUT2D eigenvalue weighted by atomic mass is 10.1. The van der Waals surface area contributed by atoms with Gasteiger partial charge in [0, 0.05) is 25.2 Å². The highest BCUT2D eigenvalue weighted by Crippen LogP contribution is 2.27. The third-order valence-electron chi connectivity index (χ3n) is 4.72. The number of nitrogens with one attached hydrogen (secondary N) is 1. The van der Waals surface area contributed by atoms with Crippen molar-refractivity contribution < 1.29 is 14.3 Å². The second kappa shape index (κ2) is 8.23. The molecule has 1 fully saturated rings. The van der Waals surface area contributed by atoms with Crippen molar-refractivity contribution >= 4 is 11.6 Å². The Kier molecular flexibility index (Phi) is 5.78. The summed E-state index contributed by atoms with van der Waals surface area (Å²) in [6, 6.07) is 12.0. The lowest BCUT2D eigenvalue weighted by Gasteiger charge is -2.27. The molecule has 1 aliphatic heterocycles. The number of carbonyl (C=O) groups is 1. The molecule has 1 N–H and O–H groups in total. The number of ether oxygens (including phenoxy) is 2. The molecule has 5 heteroatoms. The Hall–Kier alpha value is -2.53. The molecule has 0 aliphatic carbocycles. The fraction of sp³-hybridized carbons (Fsp3) is 0.381. The molecule has 3 rings (SSSR count). The number of rotatable bonds is 5. The van der Waals surface area contributed by atoms with Crippen LogP contribution < -0.4 is 10.1 Å². The molecule has 26 heavy (non-hydrogen) atoms. The summed E-state index contributed by atoms with van der Waals surface area (Å²) >= 11 is 0. The van der Waals surface area contributed by atoms with Gasteiger partial charge in [-0.15, -0.1) is 0 Å². The molecule has 5 nitrogen and oxygen atoms in total. The molecule has 1 amide bonds. The third-order valence-corrected chi connectivity index (χ3v) is 4.72. The maximum absolute atomic E-state index is 12.7. The highest BCUT2D eigenvalue weighted by molar-refractivity contribution is 5.95. The van der Waals surface area contributed by atoms with E-state index in [1.807, 2.05) is 23.1 Å². The molecule has 138 valence electrons. The number of morpholine rings is 1. The summed E-state index contributed by atoms with van der Waals surface area (Å²) in [5.74, 6) is 0.763. The largest absolute Gasteiger partial charge is 0.495 e. The standard InChI is InChI=1S/C21H26N2O3/c1-15-4-5-16(2)18(12-15)14-22-19-13-17(6-7-20(19)25-3)21(24)23-8-10-26-11-9-23/h4-7,12-13,22H,8-11,14H2,1-3H3. The number of anilines is 1. The summed E-state index contributed by atoms with van der Waals surface area (Å²) in [4.78, 5) is 14.6. The zero-order valence-electron chi connectivity index (χ0n) is 15.7. The van der Waals surface area contributed by atoms with Crippen molar-refractivity contribution in [1.82, 2.24) is 4.90 Å². The normalized spacial score (nSPS) is 14.2. The van der Waals surface area contributed by atoms with Gasteiger partial charge in [-0.05, 0) is 43.2 Å². The minimum Gasteiger partial charge on any atom is -0.495 e. The van der Waals surface area contributed by atoms with Crippen molar-refractivity contribution in [2.24, 2.45) is 0 Å². The average Bonchev–Trinajstić information content (AvgIpc) is 2.68. The first-order chi connectivity index (χ1) is 12.6. The quantitative estimate of drug-likeness (QED) is 0.894. The summed E-state index contributed by atoms with van der Waals surface area (Å²) in [5, 5.41) is 3.43. The van der Waals surface area contributed by atoms with Crippen molar-refractivity contribution in [3.05, 3.63) is 58.7 Å². The monoisotopic (exact) mass is 354 g/mol. The zero-order valence-corrected chi connectivity index (χ0v) is 15.7. The van der Waals surface area contributed by atoms with E-state index in [-0.39, 0.29) is 5.91 Å². The van der Waals surface area contributed by atoms with Gasteiger partial charge in [0.1, 0.15) is 5.75 Å². The van der Waals surface area contributed by atoms with E-state index >= 15 is 0 Å². The van der Waals surface area contributed by atoms with Crippen molar-refractivity contribution in [2.75, 3.05) is 38.7 Å². The lowest BCUT2D eigenvalue weighted by Crippen LogP contribution is -2.40. The van der Waals surface area contributed by atoms with Gasteiger partial charge >= 0.3 is 0 Å². The van der Waals surface area contributed by atoms with Crippen LogP contribution in [0.5, 0.6) is 5.75 Å². The summed E-state index contributed by atoms with van der Waals surface area (Å²) in [7, 11) is 1.64. The number of aryl methyl sites for hydroxylation is 2. The number of methoxy groups -OCH3 is 1. The SMILES string of the molecule is COc1ccc(C(=O)N2CCOCC2)cc1NCc1cc(C)ccc1C. The van der Waals surface area contributed by atoms with Crippen molar-refractivity contribution in [1.29, 1.82) is 0 Å². The number of nitrogens with zero attached hydrogens (tertiary/aromatic N) is 1. The first-order valence-electron chi connectivity index (χ1n) is 8.93. The van der Waals surface area contributed by atoms with Gasteiger partial charge < -0.3 is 19.7 Å². The predicted octanol–water partition coefficient (Wildman–Crippen LogP) is 3.40. The van der Waals surface area contributed by atoms with Gasteiger partial charge in [-0.1, -0.05) is 23.8 Å². The van der Waals surface area contributed by atoms with Crippen molar-refractivity contribution in [3.63, 3.8) is 0 Å². The van der Waals surface area contributed by atoms with Crippen LogP contribution in [0.4, 0.5) is 5.69 Å². The van der Waals surface area contributed by atoms with E-state index in [0.717, 1.165) is 11.4 Å². The van der Waals surface area contributed by atoms with Gasteiger partial charge in [0.15, 0.2) is 0 Å². The van der Waals surface area contributed by atoms with Gasteiger partial charge in [0.2, 0.25) is 0 Å². The van der Waals surface area contributed by atoms with E-state index in [1.165, 1.54) is 16.7 Å². The number of carbonyl (C=O) groups excluding carboxylic acids is 1. The second-order valence-electron chi connectivity index (χ2n) is 6.60. The summed E-state index contributed by atoms with van der Waals surface area (Å²) in [5.41, 5.74) is 5.19. The molecule has 1 aliphatic rings. The highest BCUT2D eigenvalue weighted by atomic mass is 16.5. The van der Waals surface area contributed by atoms with Gasteiger partial charge in [-0.25, -0.2) is 0 Å². The van der Waals surface area contributed by atoms with Crippen LogP contribution >= 0.6 is 0 Å². The number of benzene rings is 2. The van der Waals surface area contributed by atoms with Gasteiger partial charge in [0.05, 0.1) is 26.0 Å². The Labute approximate surface area is 154 Å². The van der Waals surface area contributed by atoms with E-state index in [9.17, 15) is 4.79 Å². The molecule has 0 radical (unpaired) electrons. The predicted molar refractivity (Wildman–Crippen MR) is 103 cm³/mol. The summed E-state index contributed by atoms with van der Waals surface area (Å²) < 4.78 is 10.8. The second-order valence-corrected chi connectivity index (χ2v) is 6.60. The van der Waals surface area contributed by atoms with E-state index in [0.29, 0.717) is 38.4 Å². The van der Waals surface area contributed by atoms with Gasteiger partial charge in [-0.2, -0.15) is 0 Å². The third kappa shape index (κ3) is 4.17. The molecule has 1 heterocycles. The van der Waals surface area contributed by atoms with Crippen molar-refractivity contribution in [2.45, 2.75) is 20.4 Å². The fourth-order valence-electron chi connectivity index (χ4n) is 3.11.